The van der Waals surface area contributed by atoms with Crippen LogP contribution in [0.3, 0.4) is 0 Å². The number of carboxylic acid groups (broad SMARTS) is 1. The van der Waals surface area contributed by atoms with Crippen LogP contribution in [-0.4, -0.2) is 87.3 Å². The van der Waals surface area contributed by atoms with Crippen LogP contribution in [0, 0.1) is 11.6 Å². The number of hydrogen-bond donors (Lipinski definition) is 3. The summed E-state index contributed by atoms with van der Waals surface area (Å²) >= 11 is 0. The predicted octanol–water partition coefficient (Wildman–Crippen LogP) is 4.37. The summed E-state index contributed by atoms with van der Waals surface area (Å²) in [5.41, 5.74) is 3.45. The Bertz CT molecular complexity index is 1720. The highest BCUT2D eigenvalue weighted by molar-refractivity contribution is 5.99. The minimum Gasteiger partial charge on any atom is -0.488 e. The van der Waals surface area contributed by atoms with Crippen LogP contribution in [0.4, 0.5) is 14.5 Å². The van der Waals surface area contributed by atoms with Crippen molar-refractivity contribution in [1.29, 1.82) is 0 Å². The van der Waals surface area contributed by atoms with E-state index in [1.807, 2.05) is 24.3 Å². The largest absolute Gasteiger partial charge is 0.488 e. The highest BCUT2D eigenvalue weighted by Crippen LogP contribution is 2.28. The summed E-state index contributed by atoms with van der Waals surface area (Å²) in [5, 5.41) is 14.3. The third-order valence-corrected chi connectivity index (χ3v) is 8.20. The first-order valence-corrected chi connectivity index (χ1v) is 15.8. The van der Waals surface area contributed by atoms with Gasteiger partial charge in [-0.25, -0.2) is 13.6 Å². The molecule has 0 spiro atoms. The summed E-state index contributed by atoms with van der Waals surface area (Å²) in [6, 6.07) is 16.1. The molecule has 1 fully saturated rings. The predicted molar refractivity (Wildman–Crippen MR) is 178 cm³/mol. The number of carbonyl (C=O) groups is 3. The van der Waals surface area contributed by atoms with Gasteiger partial charge >= 0.3 is 5.97 Å². The van der Waals surface area contributed by atoms with Crippen LogP contribution < -0.4 is 25.0 Å². The number of aliphatic carboxylic acids is 1. The maximum Gasteiger partial charge on any atom is 0.335 e. The lowest BCUT2D eigenvalue weighted by molar-refractivity contribution is -0.133. The van der Waals surface area contributed by atoms with Crippen molar-refractivity contribution in [3.63, 3.8) is 0 Å². The fourth-order valence-electron chi connectivity index (χ4n) is 5.55. The summed E-state index contributed by atoms with van der Waals surface area (Å²) in [7, 11) is 1.64. The van der Waals surface area contributed by atoms with Gasteiger partial charge in [-0.3, -0.25) is 14.5 Å². The van der Waals surface area contributed by atoms with Crippen LogP contribution in [0.5, 0.6) is 11.5 Å². The summed E-state index contributed by atoms with van der Waals surface area (Å²) in [4.78, 5) is 39.7. The number of fused-ring (bicyclic) bond motifs is 2. The molecule has 48 heavy (non-hydrogen) atoms. The van der Waals surface area contributed by atoms with Gasteiger partial charge in [-0.05, 0) is 86.1 Å². The van der Waals surface area contributed by atoms with E-state index in [1.165, 1.54) is 36.4 Å². The van der Waals surface area contributed by atoms with E-state index in [9.17, 15) is 23.2 Å². The molecule has 0 radical (unpaired) electrons. The number of carboxylic acids is 1. The van der Waals surface area contributed by atoms with Gasteiger partial charge in [0, 0.05) is 62.1 Å². The van der Waals surface area contributed by atoms with Gasteiger partial charge in [-0.1, -0.05) is 6.07 Å². The molecule has 252 valence electrons. The molecule has 1 saturated heterocycles. The summed E-state index contributed by atoms with van der Waals surface area (Å²) in [5.74, 6) is -0.927. The Morgan fingerprint density at radius 2 is 1.42 bits per heavy atom. The van der Waals surface area contributed by atoms with E-state index in [-0.39, 0.29) is 36.4 Å². The van der Waals surface area contributed by atoms with E-state index in [0.717, 1.165) is 51.3 Å². The molecule has 10 nitrogen and oxygen atoms in total. The molecular formula is C36H38F2N4O6. The molecule has 0 aromatic heterocycles. The molecule has 3 aromatic carbocycles. The highest BCUT2D eigenvalue weighted by atomic mass is 19.1. The zero-order valence-corrected chi connectivity index (χ0v) is 26.6. The van der Waals surface area contributed by atoms with E-state index in [0.29, 0.717) is 40.3 Å². The zero-order valence-electron chi connectivity index (χ0n) is 26.6. The lowest BCUT2D eigenvalue weighted by Gasteiger charge is -2.36. The molecule has 0 atom stereocenters. The molecule has 6 rings (SSSR count). The van der Waals surface area contributed by atoms with Crippen molar-refractivity contribution >= 4 is 35.6 Å². The number of amides is 2. The average molecular weight is 661 g/mol. The van der Waals surface area contributed by atoms with Gasteiger partial charge in [-0.15, -0.1) is 0 Å². The van der Waals surface area contributed by atoms with Gasteiger partial charge < -0.3 is 30.1 Å². The Hall–Kier alpha value is -5.23. The minimum absolute atomic E-state index is 0.0218. The topological polar surface area (TPSA) is 120 Å². The number of nitrogens with zero attached hydrogens (tertiary/aromatic N) is 2. The Labute approximate surface area is 277 Å². The number of hydrogen-bond acceptors (Lipinski definition) is 7. The average Bonchev–Trinajstić information content (AvgIpc) is 3.11. The molecular weight excluding hydrogens is 622 g/mol. The molecule has 0 bridgehead atoms. The number of ether oxygens (including phenoxy) is 2. The molecule has 3 heterocycles. The number of carbonyl (C=O) groups excluding carboxylic acids is 2. The third kappa shape index (κ3) is 8.97. The highest BCUT2D eigenvalue weighted by Gasteiger charge is 2.20. The van der Waals surface area contributed by atoms with Gasteiger partial charge in [0.1, 0.15) is 36.3 Å². The lowest BCUT2D eigenvalue weighted by atomic mass is 10.1. The first kappa shape index (κ1) is 34.1. The van der Waals surface area contributed by atoms with Crippen molar-refractivity contribution < 1.29 is 37.7 Å². The molecule has 0 saturated carbocycles. The number of unbranched alkanes of at least 4 members (excludes halogenated alkanes) is 1. The van der Waals surface area contributed by atoms with Crippen molar-refractivity contribution in [2.75, 3.05) is 64.4 Å². The van der Waals surface area contributed by atoms with Crippen molar-refractivity contribution in [2.24, 2.45) is 0 Å². The third-order valence-electron chi connectivity index (χ3n) is 8.20. The van der Waals surface area contributed by atoms with Crippen LogP contribution in [-0.2, 0) is 9.59 Å². The fraction of sp³-hybridized carbons (Fsp3) is 0.306. The molecule has 3 aromatic rings. The second kappa shape index (κ2) is 16.1. The number of anilines is 1. The van der Waals surface area contributed by atoms with E-state index < -0.39 is 11.8 Å². The second-order valence-electron chi connectivity index (χ2n) is 11.5. The Kier molecular flexibility index (Phi) is 11.4. The maximum atomic E-state index is 13.4. The molecule has 3 N–H and O–H groups in total. The molecule has 12 heteroatoms. The Balaban J connectivity index is 0.000000267. The van der Waals surface area contributed by atoms with Crippen molar-refractivity contribution in [3.8, 4) is 11.5 Å². The second-order valence-corrected chi connectivity index (χ2v) is 11.5. The number of piperazine rings is 1. The first-order chi connectivity index (χ1) is 23.2. The van der Waals surface area contributed by atoms with Crippen LogP contribution in [0.2, 0.25) is 0 Å². The maximum absolute atomic E-state index is 13.4. The monoisotopic (exact) mass is 660 g/mol. The van der Waals surface area contributed by atoms with Gasteiger partial charge in [0.05, 0.1) is 11.1 Å². The van der Waals surface area contributed by atoms with E-state index in [4.69, 9.17) is 14.6 Å². The van der Waals surface area contributed by atoms with Crippen molar-refractivity contribution in [3.05, 3.63) is 100 Å². The standard InChI is InChI=1S/C26H31FN4O3.C10H7FO3/c1-28-25(32)19-5-4-6-23(17-19)31-13-11-30(12-14-31)10-3-2-9-29-26(33)21-15-20-16-22(27)7-8-24(20)34-18-21;11-8-1-2-9-6(4-8)3-7(5-14-9)10(12)13/h4-8,15-17H,2-3,9-14,18H2,1H3,(H,28,32)(H,29,33);1-4H,5H2,(H,12,13). The van der Waals surface area contributed by atoms with Crippen LogP contribution in [0.15, 0.2) is 71.8 Å². The number of benzene rings is 3. The molecule has 2 amide bonds. The number of halogens is 2. The molecule has 0 aliphatic carbocycles. The van der Waals surface area contributed by atoms with Gasteiger partial charge in [0.25, 0.3) is 11.8 Å². The smallest absolute Gasteiger partial charge is 0.335 e. The van der Waals surface area contributed by atoms with Gasteiger partial charge in [-0.2, -0.15) is 0 Å². The molecule has 0 unspecified atom stereocenters. The van der Waals surface area contributed by atoms with Crippen LogP contribution in [0.1, 0.15) is 34.3 Å². The van der Waals surface area contributed by atoms with Gasteiger partial charge in [0.2, 0.25) is 0 Å². The number of nitrogens with one attached hydrogen (secondary N) is 2. The normalized spacial score (nSPS) is 15.2. The Morgan fingerprint density at radius 3 is 2.04 bits per heavy atom. The molecule has 3 aliphatic heterocycles. The molecule has 3 aliphatic rings. The van der Waals surface area contributed by atoms with Crippen molar-refractivity contribution in [1.82, 2.24) is 15.5 Å². The van der Waals surface area contributed by atoms with E-state index >= 15 is 0 Å². The summed E-state index contributed by atoms with van der Waals surface area (Å²) in [6.07, 6.45) is 5.00. The van der Waals surface area contributed by atoms with Gasteiger partial charge in [0.15, 0.2) is 0 Å². The van der Waals surface area contributed by atoms with Crippen LogP contribution in [0.25, 0.3) is 12.2 Å². The summed E-state index contributed by atoms with van der Waals surface area (Å²) < 4.78 is 36.9. The Morgan fingerprint density at radius 1 is 0.792 bits per heavy atom. The SMILES string of the molecule is CNC(=O)c1cccc(N2CCN(CCCCNC(=O)C3=Cc4cc(F)ccc4OC3)CC2)c1.O=C(O)C1=Cc2cc(F)ccc2OC1. The first-order valence-electron chi connectivity index (χ1n) is 15.8. The number of rotatable bonds is 9. The van der Waals surface area contributed by atoms with E-state index in [1.54, 1.807) is 19.2 Å². The quantitative estimate of drug-likeness (QED) is 0.290. The van der Waals surface area contributed by atoms with Crippen LogP contribution >= 0.6 is 0 Å². The zero-order chi connectivity index (χ0) is 34.0. The minimum atomic E-state index is -1.04. The van der Waals surface area contributed by atoms with E-state index in [2.05, 4.69) is 20.4 Å². The summed E-state index contributed by atoms with van der Waals surface area (Å²) in [6.45, 7) is 5.58. The van der Waals surface area contributed by atoms with Crippen molar-refractivity contribution in [2.45, 2.75) is 12.8 Å². The fourth-order valence-corrected chi connectivity index (χ4v) is 5.55. The lowest BCUT2D eigenvalue weighted by Crippen LogP contribution is -2.46.